The van der Waals surface area contributed by atoms with Gasteiger partial charge in [0.25, 0.3) is 0 Å². The molecule has 9 unspecified atom stereocenters. The fourth-order valence-corrected chi connectivity index (χ4v) is 11.5. The molecule has 0 radical (unpaired) electrons. The van der Waals surface area contributed by atoms with Crippen LogP contribution in [-0.4, -0.2) is 110 Å². The Hall–Kier alpha value is -1.67. The molecule has 0 aromatic heterocycles. The highest BCUT2D eigenvalue weighted by Crippen LogP contribution is 2.24. The molecule has 1 saturated heterocycles. The topological polar surface area (TPSA) is 189 Å². The number of nitrogens with one attached hydrogen (secondary N) is 1. The highest BCUT2D eigenvalue weighted by molar-refractivity contribution is 5.80. The summed E-state index contributed by atoms with van der Waals surface area (Å²) in [6.07, 6.45) is 65.2. The van der Waals surface area contributed by atoms with Gasteiger partial charge in [0.2, 0.25) is 5.91 Å². The number of hydrogen-bond acceptors (Lipinski definition) is 10. The van der Waals surface area contributed by atoms with Gasteiger partial charge >= 0.3 is 0 Å². The van der Waals surface area contributed by atoms with Crippen LogP contribution >= 0.6 is 0 Å². The van der Waals surface area contributed by atoms with Crippen molar-refractivity contribution < 1.29 is 50.0 Å². The highest BCUT2D eigenvalue weighted by Gasteiger charge is 2.44. The normalized spacial score (nSPS) is 19.3. The number of unbranched alkanes of at least 4 members (excludes halogenated alkanes) is 44. The number of rotatable bonds is 62. The summed E-state index contributed by atoms with van der Waals surface area (Å²) in [4.78, 5) is 13.2. The molecule has 1 aliphatic heterocycles. The van der Waals surface area contributed by atoms with E-state index in [0.29, 0.717) is 19.3 Å². The molecule has 0 spiro atoms. The summed E-state index contributed by atoms with van der Waals surface area (Å²) >= 11 is 0. The lowest BCUT2D eigenvalue weighted by atomic mass is 9.98. The number of amides is 1. The molecule has 1 heterocycles. The molecule has 484 valence electrons. The lowest BCUT2D eigenvalue weighted by molar-refractivity contribution is -0.303. The van der Waals surface area contributed by atoms with Gasteiger partial charge in [0.05, 0.1) is 25.4 Å². The van der Waals surface area contributed by atoms with Gasteiger partial charge in [-0.1, -0.05) is 314 Å². The zero-order valence-corrected chi connectivity index (χ0v) is 53.5. The van der Waals surface area contributed by atoms with Crippen LogP contribution in [0.15, 0.2) is 36.5 Å². The predicted molar refractivity (Wildman–Crippen MR) is 344 cm³/mol. The predicted octanol–water partition coefficient (Wildman–Crippen LogP) is 17.0. The minimum atomic E-state index is -1.67. The van der Waals surface area contributed by atoms with Gasteiger partial charge < -0.3 is 50.5 Å². The first-order valence-corrected chi connectivity index (χ1v) is 35.4. The van der Waals surface area contributed by atoms with Crippen LogP contribution in [0, 0.1) is 0 Å². The second-order valence-electron chi connectivity index (χ2n) is 24.9. The zero-order valence-electron chi connectivity index (χ0n) is 53.5. The molecule has 0 aliphatic carbocycles. The van der Waals surface area contributed by atoms with Crippen molar-refractivity contribution in [3.8, 4) is 0 Å². The third-order valence-corrected chi connectivity index (χ3v) is 17.2. The van der Waals surface area contributed by atoms with Crippen molar-refractivity contribution in [3.63, 3.8) is 0 Å². The molecule has 1 rings (SSSR count). The summed E-state index contributed by atoms with van der Waals surface area (Å²) in [6, 6.07) is -1.19. The first-order chi connectivity index (χ1) is 40.2. The van der Waals surface area contributed by atoms with Gasteiger partial charge in [-0.3, -0.25) is 4.79 Å². The van der Waals surface area contributed by atoms with Crippen molar-refractivity contribution in [1.29, 1.82) is 0 Å². The Labute approximate surface area is 505 Å². The molecule has 9 atom stereocenters. The van der Waals surface area contributed by atoms with Gasteiger partial charge in [0.1, 0.15) is 36.6 Å². The van der Waals surface area contributed by atoms with Gasteiger partial charge in [0.15, 0.2) is 6.29 Å². The Bertz CT molecular complexity index is 1430. The number of hydrogen-bond donors (Lipinski definition) is 8. The van der Waals surface area contributed by atoms with E-state index in [0.717, 1.165) is 44.9 Å². The second kappa shape index (κ2) is 59.7. The molecule has 0 bridgehead atoms. The Kier molecular flexibility index (Phi) is 57.0. The minimum Gasteiger partial charge on any atom is -0.394 e. The molecule has 82 heavy (non-hydrogen) atoms. The quantitative estimate of drug-likeness (QED) is 0.0215. The van der Waals surface area contributed by atoms with Crippen molar-refractivity contribution in [2.45, 2.75) is 396 Å². The van der Waals surface area contributed by atoms with Crippen molar-refractivity contribution in [2.24, 2.45) is 0 Å². The average molecular weight is 1160 g/mol. The van der Waals surface area contributed by atoms with E-state index in [1.807, 2.05) is 0 Å². The maximum absolute atomic E-state index is 13.2. The van der Waals surface area contributed by atoms with Crippen LogP contribution in [0.5, 0.6) is 0 Å². The maximum Gasteiger partial charge on any atom is 0.249 e. The first-order valence-electron chi connectivity index (χ1n) is 35.4. The first kappa shape index (κ1) is 78.3. The van der Waals surface area contributed by atoms with Crippen LogP contribution in [0.2, 0.25) is 0 Å². The summed E-state index contributed by atoms with van der Waals surface area (Å²) in [5.74, 6) is -0.706. The number of aliphatic hydroxyl groups is 7. The van der Waals surface area contributed by atoms with Crippen molar-refractivity contribution in [1.82, 2.24) is 5.32 Å². The average Bonchev–Trinajstić information content (AvgIpc) is 3.53. The van der Waals surface area contributed by atoms with E-state index in [-0.39, 0.29) is 12.8 Å². The van der Waals surface area contributed by atoms with Crippen molar-refractivity contribution in [3.05, 3.63) is 36.5 Å². The Morgan fingerprint density at radius 3 is 1.09 bits per heavy atom. The molecule has 8 N–H and O–H groups in total. The lowest BCUT2D eigenvalue weighted by Gasteiger charge is -2.40. The molecule has 1 aliphatic rings. The highest BCUT2D eigenvalue weighted by atomic mass is 16.7. The van der Waals surface area contributed by atoms with Crippen LogP contribution in [0.4, 0.5) is 0 Å². The molecule has 0 saturated carbocycles. The Morgan fingerprint density at radius 1 is 0.415 bits per heavy atom. The number of carbonyl (C=O) groups is 1. The van der Waals surface area contributed by atoms with Crippen LogP contribution in [-0.2, 0) is 14.3 Å². The van der Waals surface area contributed by atoms with Gasteiger partial charge in [-0.05, 0) is 64.2 Å². The van der Waals surface area contributed by atoms with E-state index in [1.54, 1.807) is 0 Å². The largest absolute Gasteiger partial charge is 0.394 e. The third kappa shape index (κ3) is 46.5. The molecule has 0 aromatic rings. The molecular weight excluding hydrogens is 1030 g/mol. The molecule has 1 amide bonds. The smallest absolute Gasteiger partial charge is 0.249 e. The fraction of sp³-hybridized carbons (Fsp3) is 0.901. The fourth-order valence-electron chi connectivity index (χ4n) is 11.5. The number of carbonyl (C=O) groups excluding carboxylic acids is 1. The molecular formula is C71H135NO10. The number of allylic oxidation sites excluding steroid dienone is 6. The summed E-state index contributed by atoms with van der Waals surface area (Å²) in [6.45, 7) is 3.49. The van der Waals surface area contributed by atoms with Crippen molar-refractivity contribution >= 4 is 5.91 Å². The third-order valence-electron chi connectivity index (χ3n) is 17.2. The molecule has 11 nitrogen and oxygen atoms in total. The van der Waals surface area contributed by atoms with Gasteiger partial charge in [-0.25, -0.2) is 0 Å². The van der Waals surface area contributed by atoms with E-state index < -0.39 is 74.2 Å². The molecule has 11 heteroatoms. The molecule has 1 fully saturated rings. The monoisotopic (exact) mass is 1160 g/mol. The van der Waals surface area contributed by atoms with Gasteiger partial charge in [-0.2, -0.15) is 0 Å². The second-order valence-corrected chi connectivity index (χ2v) is 24.9. The SMILES string of the molecule is CCCCCCCCCCCCCCCCC/C=C/CC/C=C/CC/C=C/CCCC(O)C(O)C(COC1OC(CO)C(O)C(O)C1O)NC(=O)C(O)CCCCCCCCCCCCCCCCCCCCCCCCCCCCC. The number of ether oxygens (including phenoxy) is 2. The van der Waals surface area contributed by atoms with E-state index >= 15 is 0 Å². The van der Waals surface area contributed by atoms with Crippen LogP contribution in [0.3, 0.4) is 0 Å². The van der Waals surface area contributed by atoms with E-state index in [2.05, 4.69) is 55.6 Å². The van der Waals surface area contributed by atoms with Gasteiger partial charge in [-0.15, -0.1) is 0 Å². The summed E-state index contributed by atoms with van der Waals surface area (Å²) in [5, 5.41) is 76.5. The van der Waals surface area contributed by atoms with Gasteiger partial charge in [0, 0.05) is 0 Å². The maximum atomic E-state index is 13.2. The zero-order chi connectivity index (χ0) is 59.6. The van der Waals surface area contributed by atoms with Crippen LogP contribution in [0.25, 0.3) is 0 Å². The Morgan fingerprint density at radius 2 is 0.732 bits per heavy atom. The minimum absolute atomic E-state index is 0.243. The van der Waals surface area contributed by atoms with Crippen LogP contribution < -0.4 is 5.32 Å². The van der Waals surface area contributed by atoms with E-state index in [1.165, 1.54) is 250 Å². The van der Waals surface area contributed by atoms with Crippen molar-refractivity contribution in [2.75, 3.05) is 13.2 Å². The number of aliphatic hydroxyl groups excluding tert-OH is 7. The lowest BCUT2D eigenvalue weighted by Crippen LogP contribution is -2.60. The van der Waals surface area contributed by atoms with Crippen LogP contribution in [0.1, 0.15) is 341 Å². The van der Waals surface area contributed by atoms with E-state index in [9.17, 15) is 40.5 Å². The Balaban J connectivity index is 2.24. The molecule has 0 aromatic carbocycles. The standard InChI is InChI=1S/C71H135NO10/c1-3-5-7-9-11-13-15-17-19-21-23-25-27-29-31-33-34-36-38-40-42-44-46-48-50-52-54-56-58-63(74)66(76)62(61-81-71-69(79)68(78)67(77)65(60-73)82-71)72-70(80)64(75)59-57-55-53-51-49-47-45-43-41-39-37-35-32-30-28-26-24-22-20-18-16-14-12-10-8-6-4-2/h34,36,42,44,50,52,62-69,71,73-79H,3-33,35,37-41,43,45-49,51,53-61H2,1-2H3,(H,72,80)/b36-34+,44-42+,52-50+. The summed E-state index contributed by atoms with van der Waals surface area (Å²) < 4.78 is 11.2. The summed E-state index contributed by atoms with van der Waals surface area (Å²) in [7, 11) is 0. The summed E-state index contributed by atoms with van der Waals surface area (Å²) in [5.41, 5.74) is 0. The van der Waals surface area contributed by atoms with E-state index in [4.69, 9.17) is 9.47 Å².